The van der Waals surface area contributed by atoms with Gasteiger partial charge in [0.15, 0.2) is 0 Å². The van der Waals surface area contributed by atoms with E-state index in [9.17, 15) is 22.1 Å². The molecule has 0 aliphatic carbocycles. The predicted octanol–water partition coefficient (Wildman–Crippen LogP) is 9.11. The molecule has 5 rings (SSSR count). The van der Waals surface area contributed by atoms with Crippen molar-refractivity contribution in [1.82, 2.24) is 0 Å². The van der Waals surface area contributed by atoms with Gasteiger partial charge in [0, 0.05) is 35.9 Å². The largest absolute Gasteiger partial charge is 0.673 e. The van der Waals surface area contributed by atoms with Gasteiger partial charge in [-0.2, -0.15) is 0 Å². The van der Waals surface area contributed by atoms with E-state index in [4.69, 9.17) is 0 Å². The van der Waals surface area contributed by atoms with Crippen LogP contribution in [0.4, 0.5) is 23.0 Å². The molecule has 1 aromatic heterocycles. The van der Waals surface area contributed by atoms with Crippen molar-refractivity contribution >= 4 is 40.8 Å². The van der Waals surface area contributed by atoms with Crippen molar-refractivity contribution in [1.29, 1.82) is 0 Å². The van der Waals surface area contributed by atoms with E-state index in [1.165, 1.54) is 27.6 Å². The molecule has 0 aliphatic heterocycles. The quantitative estimate of drug-likeness (QED) is 0.147. The maximum Gasteiger partial charge on any atom is 0.673 e. The highest BCUT2D eigenvalue weighted by atomic mass is 19.5. The Morgan fingerprint density at radius 3 is 1.81 bits per heavy atom. The number of aryl methyl sites for hydroxylation is 3. The van der Waals surface area contributed by atoms with E-state index < -0.39 is 7.25 Å². The lowest BCUT2D eigenvalue weighted by atomic mass is 10.0. The number of amides is 1. The number of anilines is 1. The SMILES string of the molecule is CC(=O)Nc1cc(C)c2c(c1)c1cc(C)cc(C)c1[o+]2-c1ccc(-c2ccccc2)cc1.F[B-](F)(F)F. The van der Waals surface area contributed by atoms with Crippen molar-refractivity contribution in [3.63, 3.8) is 0 Å². The van der Waals surface area contributed by atoms with Gasteiger partial charge in [0.05, 0.1) is 10.8 Å². The summed E-state index contributed by atoms with van der Waals surface area (Å²) in [7, 11) is -6.00. The molecule has 190 valence electrons. The second kappa shape index (κ2) is 10.1. The highest BCUT2D eigenvalue weighted by molar-refractivity contribution is 6.50. The molecule has 4 aromatic carbocycles. The zero-order valence-corrected chi connectivity index (χ0v) is 20.9. The Morgan fingerprint density at radius 2 is 1.24 bits per heavy atom. The Kier molecular flexibility index (Phi) is 7.12. The molecule has 0 bridgehead atoms. The summed E-state index contributed by atoms with van der Waals surface area (Å²) in [6, 6.07) is 27.6. The average molecular weight is 507 g/mol. The van der Waals surface area contributed by atoms with E-state index >= 15 is 0 Å². The van der Waals surface area contributed by atoms with Gasteiger partial charge in [-0.25, -0.2) is 0 Å². The van der Waals surface area contributed by atoms with Gasteiger partial charge in [-0.1, -0.05) is 30.3 Å². The van der Waals surface area contributed by atoms with E-state index in [1.54, 1.807) is 6.92 Å². The number of fused-ring (bicyclic) bond motifs is 3. The van der Waals surface area contributed by atoms with E-state index in [2.05, 4.69) is 96.9 Å². The van der Waals surface area contributed by atoms with Crippen LogP contribution in [-0.4, -0.2) is 13.2 Å². The normalized spacial score (nSPS) is 11.4. The van der Waals surface area contributed by atoms with Crippen molar-refractivity contribution in [2.45, 2.75) is 27.7 Å². The fourth-order valence-electron chi connectivity index (χ4n) is 4.70. The number of nitrogens with one attached hydrogen (secondary N) is 1. The Labute approximate surface area is 212 Å². The zero-order chi connectivity index (χ0) is 26.9. The number of furan rings is 1. The van der Waals surface area contributed by atoms with Crippen LogP contribution in [0.5, 0.6) is 0 Å². The minimum atomic E-state index is -6.00. The van der Waals surface area contributed by atoms with Gasteiger partial charge >= 0.3 is 7.25 Å². The minimum absolute atomic E-state index is 0.0657. The van der Waals surface area contributed by atoms with E-state index in [0.717, 1.165) is 33.6 Å². The van der Waals surface area contributed by atoms with Crippen molar-refractivity contribution in [3.8, 4) is 16.9 Å². The monoisotopic (exact) mass is 507 g/mol. The summed E-state index contributed by atoms with van der Waals surface area (Å²) >= 11 is 0. The van der Waals surface area contributed by atoms with E-state index in [1.807, 2.05) is 12.1 Å². The topological polar surface area (TPSA) is 31.8 Å². The molecule has 1 N–H and O–H groups in total. The standard InChI is InChI=1S/C29H25NO2.BF4/c1-18-14-19(2)28-26(15-18)27-17-24(30-21(4)31)16-20(3)29(27)32(28)25-12-10-23(11-13-25)22-8-6-5-7-9-22;2-1(3,4)5/h5-17H,1-4H3;/q;-1/p+1. The molecule has 0 unspecified atom stereocenters. The van der Waals surface area contributed by atoms with Crippen molar-refractivity contribution in [3.05, 3.63) is 95.6 Å². The molecule has 37 heavy (non-hydrogen) atoms. The van der Waals surface area contributed by atoms with Crippen molar-refractivity contribution < 1.29 is 26.1 Å². The van der Waals surface area contributed by atoms with Crippen LogP contribution in [0.1, 0.15) is 23.6 Å². The summed E-state index contributed by atoms with van der Waals surface area (Å²) in [5.41, 5.74) is 8.95. The lowest BCUT2D eigenvalue weighted by Gasteiger charge is -2.09. The Morgan fingerprint density at radius 1 is 0.730 bits per heavy atom. The molecule has 3 nitrogen and oxygen atoms in total. The molecule has 5 aromatic rings. The first kappa shape index (κ1) is 26.0. The highest BCUT2D eigenvalue weighted by Crippen LogP contribution is 2.43. The van der Waals surface area contributed by atoms with Crippen LogP contribution in [0.3, 0.4) is 0 Å². The van der Waals surface area contributed by atoms with Gasteiger partial charge in [-0.05, 0) is 73.9 Å². The summed E-state index contributed by atoms with van der Waals surface area (Å²) in [6.45, 7) is 7.91. The molecule has 0 atom stereocenters. The molecule has 0 aliphatic rings. The second-order valence-electron chi connectivity index (χ2n) is 9.00. The molecule has 0 spiro atoms. The minimum Gasteiger partial charge on any atom is -0.498 e. The van der Waals surface area contributed by atoms with Crippen LogP contribution < -0.4 is 5.32 Å². The summed E-state index contributed by atoms with van der Waals surface area (Å²) in [5, 5.41) is 5.24. The maximum atomic E-state index is 11.7. The lowest BCUT2D eigenvalue weighted by molar-refractivity contribution is -0.114. The summed E-state index contributed by atoms with van der Waals surface area (Å²) in [6.07, 6.45) is 0. The third-order valence-electron chi connectivity index (χ3n) is 5.91. The number of rotatable bonds is 3. The van der Waals surface area contributed by atoms with Gasteiger partial charge in [0.2, 0.25) is 5.91 Å². The Balaban J connectivity index is 0.000000586. The van der Waals surface area contributed by atoms with E-state index in [-0.39, 0.29) is 5.91 Å². The van der Waals surface area contributed by atoms with Gasteiger partial charge in [-0.3, -0.25) is 4.79 Å². The molecule has 0 radical (unpaired) electrons. The first-order valence-corrected chi connectivity index (χ1v) is 11.7. The third-order valence-corrected chi connectivity index (χ3v) is 5.91. The molecular weight excluding hydrogens is 481 g/mol. The number of carbonyl (C=O) groups excluding carboxylic acids is 1. The molecule has 8 heteroatoms. The summed E-state index contributed by atoms with van der Waals surface area (Å²) in [5.74, 6) is 0.982. The van der Waals surface area contributed by atoms with Crippen LogP contribution in [0, 0.1) is 20.8 Å². The molecule has 0 fully saturated rings. The van der Waals surface area contributed by atoms with Gasteiger partial charge in [-0.15, -0.1) is 0 Å². The van der Waals surface area contributed by atoms with Crippen LogP contribution >= 0.6 is 0 Å². The summed E-state index contributed by atoms with van der Waals surface area (Å²) in [4.78, 5) is 11.7. The molecular formula is C29H26BF4NO2. The average Bonchev–Trinajstić information content (AvgIpc) is 3.13. The number of carbonyl (C=O) groups is 1. The van der Waals surface area contributed by atoms with Crippen molar-refractivity contribution in [2.24, 2.45) is 0 Å². The highest BCUT2D eigenvalue weighted by Gasteiger charge is 2.25. The van der Waals surface area contributed by atoms with Crippen LogP contribution in [0.25, 0.3) is 38.8 Å². The molecule has 1 amide bonds. The van der Waals surface area contributed by atoms with Gasteiger partial charge in [0.1, 0.15) is 0 Å². The maximum absolute atomic E-state index is 11.7. The number of hydrogen-bond acceptors (Lipinski definition) is 1. The molecule has 0 saturated carbocycles. The first-order valence-electron chi connectivity index (χ1n) is 11.7. The Hall–Kier alpha value is -4.07. The fraction of sp³-hybridized carbons (Fsp3) is 0.138. The number of benzene rings is 4. The zero-order valence-electron chi connectivity index (χ0n) is 20.9. The third kappa shape index (κ3) is 5.85. The number of hydrogen-bond donors (Lipinski definition) is 1. The van der Waals surface area contributed by atoms with E-state index in [0.29, 0.717) is 0 Å². The van der Waals surface area contributed by atoms with Crippen LogP contribution in [-0.2, 0) is 4.79 Å². The van der Waals surface area contributed by atoms with Crippen molar-refractivity contribution in [2.75, 3.05) is 5.32 Å². The Bertz CT molecular complexity index is 1580. The summed E-state index contributed by atoms with van der Waals surface area (Å²) < 4.78 is 42.4. The lowest BCUT2D eigenvalue weighted by Crippen LogP contribution is -2.05. The van der Waals surface area contributed by atoms with Crippen LogP contribution in [0.2, 0.25) is 0 Å². The van der Waals surface area contributed by atoms with Crippen LogP contribution in [0.15, 0.2) is 82.9 Å². The number of halogens is 4. The predicted molar refractivity (Wildman–Crippen MR) is 144 cm³/mol. The van der Waals surface area contributed by atoms with Gasteiger partial charge < -0.3 is 26.6 Å². The second-order valence-corrected chi connectivity index (χ2v) is 9.00. The smallest absolute Gasteiger partial charge is 0.498 e. The van der Waals surface area contributed by atoms with Gasteiger partial charge in [0.25, 0.3) is 16.9 Å². The fourth-order valence-corrected chi connectivity index (χ4v) is 4.70. The first-order chi connectivity index (χ1) is 17.4. The molecule has 1 heterocycles. The molecule has 0 saturated heterocycles.